The Morgan fingerprint density at radius 1 is 1.24 bits per heavy atom. The first kappa shape index (κ1) is 14.2. The van der Waals surface area contributed by atoms with E-state index in [1.165, 1.54) is 6.08 Å². The summed E-state index contributed by atoms with van der Waals surface area (Å²) in [5.41, 5.74) is 0. The van der Waals surface area contributed by atoms with Crippen molar-refractivity contribution < 1.29 is 4.79 Å². The topological polar surface area (TPSA) is 23.6 Å². The summed E-state index contributed by atoms with van der Waals surface area (Å²) in [5.74, 6) is 0.703. The molecule has 1 amide bonds. The third kappa shape index (κ3) is 3.56. The summed E-state index contributed by atoms with van der Waals surface area (Å²) in [5, 5.41) is 0. The Morgan fingerprint density at radius 3 is 2.35 bits per heavy atom. The lowest BCUT2D eigenvalue weighted by molar-refractivity contribution is -0.125. The highest BCUT2D eigenvalue weighted by Crippen LogP contribution is 2.20. The zero-order valence-corrected chi connectivity index (χ0v) is 11.6. The monoisotopic (exact) mass is 238 g/mol. The van der Waals surface area contributed by atoms with Crippen molar-refractivity contribution in [3.63, 3.8) is 0 Å². The van der Waals surface area contributed by atoms with Crippen LogP contribution in [0.5, 0.6) is 0 Å². The molecule has 1 unspecified atom stereocenters. The van der Waals surface area contributed by atoms with E-state index in [1.54, 1.807) is 0 Å². The molecule has 0 saturated carbocycles. The van der Waals surface area contributed by atoms with Gasteiger partial charge in [0, 0.05) is 31.7 Å². The van der Waals surface area contributed by atoms with Gasteiger partial charge in [-0.3, -0.25) is 9.69 Å². The van der Waals surface area contributed by atoms with E-state index in [4.69, 9.17) is 0 Å². The smallest absolute Gasteiger partial charge is 0.245 e. The molecule has 1 fully saturated rings. The molecule has 0 aromatic heterocycles. The first-order valence-corrected chi connectivity index (χ1v) is 6.64. The van der Waals surface area contributed by atoms with Crippen LogP contribution in [0, 0.1) is 5.92 Å². The van der Waals surface area contributed by atoms with E-state index < -0.39 is 0 Å². The standard InChI is InChI=1S/C14H26N2O/c1-6-14(17)15-8-7-13(11(2)3)16(10-9-15)12(4)5/h6,11-13H,1,7-10H2,2-5H3. The van der Waals surface area contributed by atoms with Gasteiger partial charge in [-0.1, -0.05) is 20.4 Å². The van der Waals surface area contributed by atoms with E-state index in [-0.39, 0.29) is 5.91 Å². The van der Waals surface area contributed by atoms with Gasteiger partial charge in [0.2, 0.25) is 5.91 Å². The van der Waals surface area contributed by atoms with Crippen LogP contribution in [-0.4, -0.2) is 47.4 Å². The van der Waals surface area contributed by atoms with Crippen LogP contribution in [0.15, 0.2) is 12.7 Å². The Bertz CT molecular complexity index is 255. The number of carbonyl (C=O) groups excluding carboxylic acids is 1. The van der Waals surface area contributed by atoms with Crippen LogP contribution in [0.4, 0.5) is 0 Å². The van der Waals surface area contributed by atoms with Crippen LogP contribution in [0.25, 0.3) is 0 Å². The Balaban J connectivity index is 2.75. The number of nitrogens with zero attached hydrogens (tertiary/aromatic N) is 2. The molecule has 0 aromatic carbocycles. The van der Waals surface area contributed by atoms with Crippen LogP contribution in [0.2, 0.25) is 0 Å². The Hall–Kier alpha value is -0.830. The maximum Gasteiger partial charge on any atom is 0.245 e. The van der Waals surface area contributed by atoms with Crippen molar-refractivity contribution in [1.82, 2.24) is 9.80 Å². The zero-order valence-electron chi connectivity index (χ0n) is 11.6. The third-order valence-electron chi connectivity index (χ3n) is 3.67. The lowest BCUT2D eigenvalue weighted by Crippen LogP contribution is -2.44. The van der Waals surface area contributed by atoms with Crippen molar-refractivity contribution in [3.05, 3.63) is 12.7 Å². The largest absolute Gasteiger partial charge is 0.338 e. The second-order valence-electron chi connectivity index (χ2n) is 5.46. The minimum atomic E-state index is 0.0677. The van der Waals surface area contributed by atoms with Crippen molar-refractivity contribution in [2.45, 2.75) is 46.2 Å². The van der Waals surface area contributed by atoms with E-state index in [0.717, 1.165) is 26.1 Å². The van der Waals surface area contributed by atoms with Gasteiger partial charge in [0.15, 0.2) is 0 Å². The molecular formula is C14H26N2O. The lowest BCUT2D eigenvalue weighted by Gasteiger charge is -2.35. The predicted molar refractivity (Wildman–Crippen MR) is 71.9 cm³/mol. The number of hydrogen-bond acceptors (Lipinski definition) is 2. The number of amides is 1. The fourth-order valence-corrected chi connectivity index (χ4v) is 2.67. The summed E-state index contributed by atoms with van der Waals surface area (Å²) in [6.07, 6.45) is 2.49. The Morgan fingerprint density at radius 2 is 1.88 bits per heavy atom. The van der Waals surface area contributed by atoms with Gasteiger partial charge in [0.25, 0.3) is 0 Å². The van der Waals surface area contributed by atoms with Crippen molar-refractivity contribution >= 4 is 5.91 Å². The molecule has 1 rings (SSSR count). The molecule has 0 spiro atoms. The van der Waals surface area contributed by atoms with E-state index >= 15 is 0 Å². The summed E-state index contributed by atoms with van der Waals surface area (Å²) >= 11 is 0. The van der Waals surface area contributed by atoms with Crippen LogP contribution >= 0.6 is 0 Å². The normalized spacial score (nSPS) is 22.9. The molecular weight excluding hydrogens is 212 g/mol. The summed E-state index contributed by atoms with van der Waals surface area (Å²) in [6, 6.07) is 1.12. The molecule has 0 radical (unpaired) electrons. The maximum atomic E-state index is 11.7. The fourth-order valence-electron chi connectivity index (χ4n) is 2.67. The van der Waals surface area contributed by atoms with Crippen LogP contribution < -0.4 is 0 Å². The second-order valence-corrected chi connectivity index (χ2v) is 5.46. The molecule has 1 aliphatic heterocycles. The fraction of sp³-hybridized carbons (Fsp3) is 0.786. The first-order chi connectivity index (χ1) is 7.97. The van der Waals surface area contributed by atoms with Gasteiger partial charge in [-0.25, -0.2) is 0 Å². The second kappa shape index (κ2) is 6.20. The number of rotatable bonds is 3. The highest BCUT2D eigenvalue weighted by Gasteiger charge is 2.28. The molecule has 0 aliphatic carbocycles. The molecule has 1 heterocycles. The number of carbonyl (C=O) groups is 1. The maximum absolute atomic E-state index is 11.7. The van der Waals surface area contributed by atoms with E-state index in [1.807, 2.05) is 4.90 Å². The molecule has 1 saturated heterocycles. The Kier molecular flexibility index (Phi) is 5.19. The van der Waals surface area contributed by atoms with Gasteiger partial charge in [-0.2, -0.15) is 0 Å². The molecule has 1 atom stereocenters. The molecule has 0 N–H and O–H groups in total. The van der Waals surface area contributed by atoms with Gasteiger partial charge < -0.3 is 4.90 Å². The summed E-state index contributed by atoms with van der Waals surface area (Å²) < 4.78 is 0. The van der Waals surface area contributed by atoms with Gasteiger partial charge in [0.05, 0.1) is 0 Å². The zero-order chi connectivity index (χ0) is 13.0. The number of hydrogen-bond donors (Lipinski definition) is 0. The van der Waals surface area contributed by atoms with E-state index in [2.05, 4.69) is 39.2 Å². The molecule has 98 valence electrons. The molecule has 17 heavy (non-hydrogen) atoms. The van der Waals surface area contributed by atoms with Crippen LogP contribution in [0.1, 0.15) is 34.1 Å². The van der Waals surface area contributed by atoms with E-state index in [0.29, 0.717) is 18.0 Å². The Labute approximate surface area is 105 Å². The third-order valence-corrected chi connectivity index (χ3v) is 3.67. The van der Waals surface area contributed by atoms with Crippen molar-refractivity contribution in [2.75, 3.05) is 19.6 Å². The lowest BCUT2D eigenvalue weighted by atomic mass is 9.98. The highest BCUT2D eigenvalue weighted by molar-refractivity contribution is 5.87. The summed E-state index contributed by atoms with van der Waals surface area (Å²) in [6.45, 7) is 15.2. The predicted octanol–water partition coefficient (Wildman–Crippen LogP) is 2.14. The van der Waals surface area contributed by atoms with Crippen molar-refractivity contribution in [1.29, 1.82) is 0 Å². The molecule has 1 aliphatic rings. The highest BCUT2D eigenvalue weighted by atomic mass is 16.2. The van der Waals surface area contributed by atoms with Gasteiger partial charge in [-0.15, -0.1) is 0 Å². The minimum Gasteiger partial charge on any atom is -0.338 e. The molecule has 3 heteroatoms. The molecule has 0 bridgehead atoms. The minimum absolute atomic E-state index is 0.0677. The SMILES string of the molecule is C=CC(=O)N1CCC(C(C)C)N(C(C)C)CC1. The van der Waals surface area contributed by atoms with Crippen molar-refractivity contribution in [3.8, 4) is 0 Å². The quantitative estimate of drug-likeness (QED) is 0.703. The summed E-state index contributed by atoms with van der Waals surface area (Å²) in [7, 11) is 0. The average Bonchev–Trinajstić information content (AvgIpc) is 2.50. The first-order valence-electron chi connectivity index (χ1n) is 6.64. The van der Waals surface area contributed by atoms with Crippen LogP contribution in [-0.2, 0) is 4.79 Å². The van der Waals surface area contributed by atoms with Gasteiger partial charge >= 0.3 is 0 Å². The summed E-state index contributed by atoms with van der Waals surface area (Å²) in [4.78, 5) is 16.1. The van der Waals surface area contributed by atoms with Crippen LogP contribution in [0.3, 0.4) is 0 Å². The molecule has 0 aromatic rings. The molecule has 3 nitrogen and oxygen atoms in total. The van der Waals surface area contributed by atoms with Gasteiger partial charge in [0.1, 0.15) is 0 Å². The van der Waals surface area contributed by atoms with E-state index in [9.17, 15) is 4.79 Å². The van der Waals surface area contributed by atoms with Crippen molar-refractivity contribution in [2.24, 2.45) is 5.92 Å². The average molecular weight is 238 g/mol. The van der Waals surface area contributed by atoms with Gasteiger partial charge in [-0.05, 0) is 32.3 Å².